The van der Waals surface area contributed by atoms with Crippen molar-refractivity contribution in [3.63, 3.8) is 0 Å². The number of nitrogens with one attached hydrogen (secondary N) is 2. The Bertz CT molecular complexity index is 1130. The van der Waals surface area contributed by atoms with Gasteiger partial charge in [-0.1, -0.05) is 0 Å². The molecular weight excluding hydrogens is 437 g/mol. The van der Waals surface area contributed by atoms with E-state index in [0.717, 1.165) is 17.2 Å². The van der Waals surface area contributed by atoms with Gasteiger partial charge in [0.1, 0.15) is 11.9 Å². The van der Waals surface area contributed by atoms with Crippen LogP contribution in [-0.2, 0) is 6.18 Å². The highest BCUT2D eigenvalue weighted by Crippen LogP contribution is 2.34. The van der Waals surface area contributed by atoms with Gasteiger partial charge in [-0.3, -0.25) is 10.4 Å². The number of carbonyl (C=O) groups is 1. The van der Waals surface area contributed by atoms with Crippen LogP contribution in [-0.4, -0.2) is 63.2 Å². The highest BCUT2D eigenvalue weighted by molar-refractivity contribution is 5.88. The lowest BCUT2D eigenvalue weighted by Crippen LogP contribution is -2.59. The van der Waals surface area contributed by atoms with Crippen molar-refractivity contribution in [2.45, 2.75) is 24.6 Å². The van der Waals surface area contributed by atoms with E-state index in [-0.39, 0.29) is 18.8 Å². The molecule has 4 rings (SSSR count). The molecule has 0 aromatic carbocycles. The van der Waals surface area contributed by atoms with Crippen LogP contribution in [0.2, 0.25) is 0 Å². The van der Waals surface area contributed by atoms with Gasteiger partial charge in [-0.25, -0.2) is 23.5 Å². The molecule has 1 aliphatic rings. The Labute approximate surface area is 178 Å². The van der Waals surface area contributed by atoms with E-state index in [1.165, 1.54) is 24.3 Å². The number of alkyl halides is 5. The van der Waals surface area contributed by atoms with Crippen molar-refractivity contribution in [1.82, 2.24) is 25.1 Å². The number of amides is 2. The zero-order valence-corrected chi connectivity index (χ0v) is 16.7. The molecule has 2 N–H and O–H groups in total. The number of urea groups is 1. The maximum atomic E-state index is 15.0. The van der Waals surface area contributed by atoms with Gasteiger partial charge in [0, 0.05) is 25.2 Å². The average molecular weight is 455 g/mol. The zero-order valence-electron chi connectivity index (χ0n) is 16.7. The van der Waals surface area contributed by atoms with Crippen LogP contribution in [0.25, 0.3) is 11.0 Å². The summed E-state index contributed by atoms with van der Waals surface area (Å²) in [7, 11) is 1.18. The van der Waals surface area contributed by atoms with E-state index in [9.17, 15) is 26.7 Å². The van der Waals surface area contributed by atoms with Gasteiger partial charge in [-0.05, 0) is 24.6 Å². The second kappa shape index (κ2) is 7.88. The smallest absolute Gasteiger partial charge is 0.364 e. The van der Waals surface area contributed by atoms with Crippen LogP contribution in [0.15, 0.2) is 36.8 Å². The minimum atomic E-state index is -4.62. The van der Waals surface area contributed by atoms with Crippen LogP contribution in [0.5, 0.6) is 0 Å². The number of nitrogens with zero attached hydrogens (tertiary/aromatic N) is 5. The minimum Gasteiger partial charge on any atom is -0.364 e. The van der Waals surface area contributed by atoms with Crippen LogP contribution in [0.1, 0.15) is 12.0 Å². The molecule has 3 aromatic rings. The van der Waals surface area contributed by atoms with E-state index in [0.29, 0.717) is 22.8 Å². The van der Waals surface area contributed by atoms with E-state index >= 15 is 0 Å². The fourth-order valence-electron chi connectivity index (χ4n) is 3.64. The topological polar surface area (TPSA) is 90.0 Å². The van der Waals surface area contributed by atoms with Crippen LogP contribution >= 0.6 is 0 Å². The van der Waals surface area contributed by atoms with Crippen molar-refractivity contribution in [1.29, 1.82) is 0 Å². The summed E-state index contributed by atoms with van der Waals surface area (Å²) in [6.07, 6.45) is -0.793. The quantitative estimate of drug-likeness (QED) is 0.588. The van der Waals surface area contributed by atoms with Crippen LogP contribution in [0.3, 0.4) is 0 Å². The zero-order chi connectivity index (χ0) is 23.1. The molecule has 1 saturated heterocycles. The number of hydrogen-bond donors (Lipinski definition) is 2. The molecule has 8 nitrogen and oxygen atoms in total. The third-order valence-corrected chi connectivity index (χ3v) is 5.31. The summed E-state index contributed by atoms with van der Waals surface area (Å²) in [4.78, 5) is 22.5. The van der Waals surface area contributed by atoms with Crippen molar-refractivity contribution in [3.8, 4) is 0 Å². The SMILES string of the molecule is CN(C(=O)Nc1cc(C(F)(F)F)ccn1)[C@@H]1CCN(c2cnc3[nH]ncc3c2)CC1(F)F. The van der Waals surface area contributed by atoms with E-state index in [4.69, 9.17) is 0 Å². The number of rotatable bonds is 3. The van der Waals surface area contributed by atoms with Crippen LogP contribution in [0, 0.1) is 0 Å². The molecule has 1 fully saturated rings. The molecule has 0 saturated carbocycles. The predicted molar refractivity (Wildman–Crippen MR) is 105 cm³/mol. The Morgan fingerprint density at radius 3 is 2.78 bits per heavy atom. The molecule has 3 aromatic heterocycles. The van der Waals surface area contributed by atoms with Gasteiger partial charge < -0.3 is 9.80 Å². The molecule has 1 atom stereocenters. The molecule has 0 unspecified atom stereocenters. The minimum absolute atomic E-state index is 0.0592. The normalized spacial score (nSPS) is 18.6. The number of aromatic nitrogens is 4. The molecule has 0 radical (unpaired) electrons. The number of piperidine rings is 1. The lowest BCUT2D eigenvalue weighted by molar-refractivity contribution is -0.137. The molecule has 170 valence electrons. The van der Waals surface area contributed by atoms with Crippen LogP contribution in [0.4, 0.5) is 38.3 Å². The van der Waals surface area contributed by atoms with Gasteiger partial charge in [-0.15, -0.1) is 0 Å². The Morgan fingerprint density at radius 1 is 1.28 bits per heavy atom. The second-order valence-electron chi connectivity index (χ2n) is 7.46. The lowest BCUT2D eigenvalue weighted by Gasteiger charge is -2.42. The fraction of sp³-hybridized carbons (Fsp3) is 0.368. The summed E-state index contributed by atoms with van der Waals surface area (Å²) in [5, 5.41) is 9.37. The van der Waals surface area contributed by atoms with Gasteiger partial charge in [0.05, 0.1) is 30.2 Å². The van der Waals surface area contributed by atoms with Gasteiger partial charge >= 0.3 is 12.2 Å². The van der Waals surface area contributed by atoms with E-state index in [1.54, 1.807) is 6.07 Å². The first-order valence-electron chi connectivity index (χ1n) is 9.53. The first kappa shape index (κ1) is 21.7. The Hall–Kier alpha value is -3.51. The fourth-order valence-corrected chi connectivity index (χ4v) is 3.64. The number of aromatic amines is 1. The molecule has 0 bridgehead atoms. The largest absolute Gasteiger partial charge is 0.416 e. The third kappa shape index (κ3) is 4.27. The van der Waals surface area contributed by atoms with Crippen LogP contribution < -0.4 is 10.2 Å². The summed E-state index contributed by atoms with van der Waals surface area (Å²) >= 11 is 0. The van der Waals surface area contributed by atoms with Gasteiger partial charge in [0.15, 0.2) is 5.65 Å². The van der Waals surface area contributed by atoms with Crippen molar-refractivity contribution >= 4 is 28.6 Å². The Morgan fingerprint density at radius 2 is 2.06 bits per heavy atom. The molecular formula is C19H18F5N7O. The van der Waals surface area contributed by atoms with E-state index < -0.39 is 36.3 Å². The Kier molecular flexibility index (Phi) is 5.34. The molecule has 0 spiro atoms. The summed E-state index contributed by atoms with van der Waals surface area (Å²) in [5.41, 5.74) is 0.0274. The summed E-state index contributed by atoms with van der Waals surface area (Å²) in [6.45, 7) is -0.424. The summed E-state index contributed by atoms with van der Waals surface area (Å²) in [6, 6.07) is 0.661. The first-order valence-corrected chi connectivity index (χ1v) is 9.53. The number of anilines is 2. The average Bonchev–Trinajstić information content (AvgIpc) is 3.20. The van der Waals surface area contributed by atoms with E-state index in [2.05, 4.69) is 25.5 Å². The molecule has 1 aliphatic heterocycles. The number of H-pyrrole nitrogens is 1. The Balaban J connectivity index is 1.45. The maximum absolute atomic E-state index is 15.0. The van der Waals surface area contributed by atoms with E-state index in [1.807, 2.05) is 0 Å². The number of halogens is 5. The number of hydrogen-bond acceptors (Lipinski definition) is 5. The predicted octanol–water partition coefficient (Wildman–Crippen LogP) is 3.75. The van der Waals surface area contributed by atoms with Crippen molar-refractivity contribution in [3.05, 3.63) is 42.4 Å². The molecule has 0 aliphatic carbocycles. The molecule has 13 heteroatoms. The molecule has 4 heterocycles. The lowest BCUT2D eigenvalue weighted by atomic mass is 9.99. The number of fused-ring (bicyclic) bond motifs is 1. The summed E-state index contributed by atoms with van der Waals surface area (Å²) in [5.74, 6) is -3.66. The number of pyridine rings is 2. The first-order chi connectivity index (χ1) is 15.0. The van der Waals surface area contributed by atoms with Gasteiger partial charge in [0.2, 0.25) is 0 Å². The second-order valence-corrected chi connectivity index (χ2v) is 7.46. The summed E-state index contributed by atoms with van der Waals surface area (Å²) < 4.78 is 68.4. The molecule has 32 heavy (non-hydrogen) atoms. The maximum Gasteiger partial charge on any atom is 0.416 e. The van der Waals surface area contributed by atoms with Crippen molar-refractivity contribution in [2.24, 2.45) is 0 Å². The number of carbonyl (C=O) groups excluding carboxylic acids is 1. The van der Waals surface area contributed by atoms with Gasteiger partial charge in [-0.2, -0.15) is 18.3 Å². The standard InChI is InChI=1S/C19H18F5N7O/c1-30(17(32)28-15-7-12(2-4-25-15)19(22,23)24)14-3-5-31(10-18(14,20)21)13-6-11-8-27-29-16(11)26-9-13/h2,4,6-9,14H,3,5,10H2,1H3,(H,25,28,32)(H,26,27,29)/t14-/m1/s1. The van der Waals surface area contributed by atoms with Crippen molar-refractivity contribution < 1.29 is 26.7 Å². The monoisotopic (exact) mass is 455 g/mol. The highest BCUT2D eigenvalue weighted by Gasteiger charge is 2.48. The van der Waals surface area contributed by atoms with Gasteiger partial charge in [0.25, 0.3) is 5.92 Å². The third-order valence-electron chi connectivity index (χ3n) is 5.31. The highest BCUT2D eigenvalue weighted by atomic mass is 19.4. The molecule has 2 amide bonds. The van der Waals surface area contributed by atoms with Crippen molar-refractivity contribution in [2.75, 3.05) is 30.4 Å².